The molecule has 3 heterocycles. The summed E-state index contributed by atoms with van der Waals surface area (Å²) in [6.07, 6.45) is 3.51. The zero-order valence-electron chi connectivity index (χ0n) is 8.71. The molecule has 0 aromatic carbocycles. The number of rotatable bonds is 1. The molecule has 0 unspecified atom stereocenters. The van der Waals surface area contributed by atoms with Crippen LogP contribution in [0.15, 0.2) is 41.1 Å². The molecule has 0 saturated heterocycles. The molecule has 0 spiro atoms. The molecule has 84 valence electrons. The third-order valence-corrected chi connectivity index (χ3v) is 2.85. The van der Waals surface area contributed by atoms with Crippen molar-refractivity contribution in [1.29, 1.82) is 0 Å². The highest BCUT2D eigenvalue weighted by Gasteiger charge is 2.08. The minimum Gasteiger partial charge on any atom is -0.397 e. The average molecular weight is 290 g/mol. The predicted octanol–water partition coefficient (Wildman–Crippen LogP) is 2.14. The SMILES string of the molecule is Nc1ccc(-c2nnc3ccc(Br)cn23)nc1. The van der Waals surface area contributed by atoms with Gasteiger partial charge in [0.2, 0.25) is 0 Å². The van der Waals surface area contributed by atoms with E-state index in [0.717, 1.165) is 15.8 Å². The number of anilines is 1. The molecule has 0 fully saturated rings. The lowest BCUT2D eigenvalue weighted by Crippen LogP contribution is -1.93. The molecule has 3 rings (SSSR count). The first-order valence-electron chi connectivity index (χ1n) is 4.96. The van der Waals surface area contributed by atoms with E-state index in [2.05, 4.69) is 31.1 Å². The lowest BCUT2D eigenvalue weighted by atomic mass is 10.3. The monoisotopic (exact) mass is 289 g/mol. The van der Waals surface area contributed by atoms with E-state index in [1.165, 1.54) is 0 Å². The number of nitrogen functional groups attached to an aromatic ring is 1. The van der Waals surface area contributed by atoms with Crippen LogP contribution >= 0.6 is 15.9 Å². The van der Waals surface area contributed by atoms with E-state index in [1.54, 1.807) is 12.3 Å². The first kappa shape index (κ1) is 10.2. The van der Waals surface area contributed by atoms with Crippen LogP contribution < -0.4 is 5.73 Å². The van der Waals surface area contributed by atoms with Gasteiger partial charge in [0.1, 0.15) is 5.69 Å². The molecule has 0 aliphatic carbocycles. The molecule has 2 N–H and O–H groups in total. The van der Waals surface area contributed by atoms with Gasteiger partial charge in [0.25, 0.3) is 0 Å². The fraction of sp³-hybridized carbons (Fsp3) is 0. The molecular formula is C11H8BrN5. The van der Waals surface area contributed by atoms with Gasteiger partial charge in [-0.1, -0.05) is 0 Å². The van der Waals surface area contributed by atoms with Crippen molar-refractivity contribution in [3.63, 3.8) is 0 Å². The highest BCUT2D eigenvalue weighted by molar-refractivity contribution is 9.10. The molecule has 0 amide bonds. The van der Waals surface area contributed by atoms with Crippen molar-refractivity contribution >= 4 is 27.3 Å². The molecule has 3 aromatic heterocycles. The fourth-order valence-corrected chi connectivity index (χ4v) is 1.91. The Kier molecular flexibility index (Phi) is 2.29. The molecule has 0 bridgehead atoms. The van der Waals surface area contributed by atoms with Crippen LogP contribution in [-0.4, -0.2) is 19.6 Å². The van der Waals surface area contributed by atoms with Crippen molar-refractivity contribution < 1.29 is 0 Å². The normalized spacial score (nSPS) is 10.9. The zero-order chi connectivity index (χ0) is 11.8. The Morgan fingerprint density at radius 2 is 2.00 bits per heavy atom. The number of hydrogen-bond donors (Lipinski definition) is 1. The number of aromatic nitrogens is 4. The van der Waals surface area contributed by atoms with Crippen LogP contribution in [0, 0.1) is 0 Å². The third kappa shape index (κ3) is 1.76. The Balaban J connectivity index is 2.23. The van der Waals surface area contributed by atoms with Crippen molar-refractivity contribution in [2.45, 2.75) is 0 Å². The number of nitrogens with two attached hydrogens (primary N) is 1. The van der Waals surface area contributed by atoms with E-state index in [1.807, 2.05) is 28.8 Å². The van der Waals surface area contributed by atoms with Crippen molar-refractivity contribution in [1.82, 2.24) is 19.6 Å². The molecule has 0 aliphatic rings. The van der Waals surface area contributed by atoms with Gasteiger partial charge < -0.3 is 5.73 Å². The summed E-state index contributed by atoms with van der Waals surface area (Å²) in [6, 6.07) is 7.43. The third-order valence-electron chi connectivity index (χ3n) is 2.38. The number of hydrogen-bond acceptors (Lipinski definition) is 4. The lowest BCUT2D eigenvalue weighted by molar-refractivity contribution is 1.09. The molecule has 0 atom stereocenters. The van der Waals surface area contributed by atoms with E-state index in [-0.39, 0.29) is 0 Å². The molecule has 5 nitrogen and oxygen atoms in total. The van der Waals surface area contributed by atoms with Gasteiger partial charge in [-0.05, 0) is 40.2 Å². The Morgan fingerprint density at radius 3 is 2.76 bits per heavy atom. The summed E-state index contributed by atoms with van der Waals surface area (Å²) in [7, 11) is 0. The van der Waals surface area contributed by atoms with Gasteiger partial charge in [0, 0.05) is 10.7 Å². The summed E-state index contributed by atoms with van der Waals surface area (Å²) < 4.78 is 2.84. The zero-order valence-corrected chi connectivity index (χ0v) is 10.3. The molecule has 6 heteroatoms. The Labute approximate surface area is 105 Å². The highest BCUT2D eigenvalue weighted by Crippen LogP contribution is 2.19. The van der Waals surface area contributed by atoms with Gasteiger partial charge in [-0.15, -0.1) is 10.2 Å². The quantitative estimate of drug-likeness (QED) is 0.745. The lowest BCUT2D eigenvalue weighted by Gasteiger charge is -2.00. The van der Waals surface area contributed by atoms with Gasteiger partial charge in [-0.3, -0.25) is 9.38 Å². The van der Waals surface area contributed by atoms with Gasteiger partial charge in [-0.25, -0.2) is 0 Å². The standard InChI is InChI=1S/C11H8BrN5/c12-7-1-4-10-15-16-11(17(10)6-7)9-3-2-8(13)5-14-9/h1-6H,13H2. The summed E-state index contributed by atoms with van der Waals surface area (Å²) in [5, 5.41) is 8.20. The van der Waals surface area contributed by atoms with Gasteiger partial charge in [-0.2, -0.15) is 0 Å². The fourth-order valence-electron chi connectivity index (χ4n) is 1.58. The van der Waals surface area contributed by atoms with E-state index in [9.17, 15) is 0 Å². The van der Waals surface area contributed by atoms with E-state index >= 15 is 0 Å². The first-order valence-corrected chi connectivity index (χ1v) is 5.75. The first-order chi connectivity index (χ1) is 8.24. The van der Waals surface area contributed by atoms with Crippen molar-refractivity contribution in [3.05, 3.63) is 41.1 Å². The minimum atomic E-state index is 0.628. The number of fused-ring (bicyclic) bond motifs is 1. The highest BCUT2D eigenvalue weighted by atomic mass is 79.9. The summed E-state index contributed by atoms with van der Waals surface area (Å²) in [6.45, 7) is 0. The van der Waals surface area contributed by atoms with Crippen LogP contribution in [0.2, 0.25) is 0 Å². The van der Waals surface area contributed by atoms with E-state index in [0.29, 0.717) is 11.5 Å². The summed E-state index contributed by atoms with van der Waals surface area (Å²) in [5.74, 6) is 0.696. The topological polar surface area (TPSA) is 69.1 Å². The molecule has 0 saturated carbocycles. The largest absolute Gasteiger partial charge is 0.397 e. The van der Waals surface area contributed by atoms with Crippen LogP contribution in [0.5, 0.6) is 0 Å². The Morgan fingerprint density at radius 1 is 1.12 bits per heavy atom. The van der Waals surface area contributed by atoms with Gasteiger partial charge in [0.05, 0.1) is 11.9 Å². The van der Waals surface area contributed by atoms with Crippen LogP contribution in [0.3, 0.4) is 0 Å². The van der Waals surface area contributed by atoms with Crippen molar-refractivity contribution in [3.8, 4) is 11.5 Å². The Hall–Kier alpha value is -1.95. The minimum absolute atomic E-state index is 0.628. The number of pyridine rings is 2. The Bertz CT molecular complexity index is 674. The van der Waals surface area contributed by atoms with E-state index < -0.39 is 0 Å². The maximum atomic E-state index is 5.60. The molecule has 0 aliphatic heterocycles. The van der Waals surface area contributed by atoms with Gasteiger partial charge in [0.15, 0.2) is 11.5 Å². The van der Waals surface area contributed by atoms with Gasteiger partial charge >= 0.3 is 0 Å². The number of nitrogens with zero attached hydrogens (tertiary/aromatic N) is 4. The second-order valence-electron chi connectivity index (χ2n) is 3.58. The number of halogens is 1. The summed E-state index contributed by atoms with van der Waals surface area (Å²) >= 11 is 3.42. The summed E-state index contributed by atoms with van der Waals surface area (Å²) in [5.41, 5.74) is 7.75. The molecule has 17 heavy (non-hydrogen) atoms. The van der Waals surface area contributed by atoms with Crippen LogP contribution in [-0.2, 0) is 0 Å². The molecular weight excluding hydrogens is 282 g/mol. The van der Waals surface area contributed by atoms with Crippen molar-refractivity contribution in [2.24, 2.45) is 0 Å². The van der Waals surface area contributed by atoms with E-state index in [4.69, 9.17) is 5.73 Å². The maximum absolute atomic E-state index is 5.60. The second kappa shape index (κ2) is 3.81. The van der Waals surface area contributed by atoms with Crippen LogP contribution in [0.25, 0.3) is 17.2 Å². The average Bonchev–Trinajstić information content (AvgIpc) is 2.73. The summed E-state index contributed by atoms with van der Waals surface area (Å²) in [4.78, 5) is 4.24. The second-order valence-corrected chi connectivity index (χ2v) is 4.49. The molecule has 3 aromatic rings. The molecule has 0 radical (unpaired) electrons. The predicted molar refractivity (Wildman–Crippen MR) is 68.3 cm³/mol. The van der Waals surface area contributed by atoms with Crippen LogP contribution in [0.1, 0.15) is 0 Å². The maximum Gasteiger partial charge on any atom is 0.187 e. The van der Waals surface area contributed by atoms with Crippen molar-refractivity contribution in [2.75, 3.05) is 5.73 Å². The smallest absolute Gasteiger partial charge is 0.187 e. The van der Waals surface area contributed by atoms with Crippen LogP contribution in [0.4, 0.5) is 5.69 Å².